The summed E-state index contributed by atoms with van der Waals surface area (Å²) in [5.74, 6) is 0.969. The molecule has 2 aromatic rings. The molecule has 2 fully saturated rings. The van der Waals surface area contributed by atoms with E-state index in [9.17, 15) is 4.79 Å². The Balaban J connectivity index is 0.00000196. The predicted octanol–water partition coefficient (Wildman–Crippen LogP) is 3.41. The summed E-state index contributed by atoms with van der Waals surface area (Å²) in [5.41, 5.74) is 3.65. The van der Waals surface area contributed by atoms with Crippen LogP contribution in [-0.4, -0.2) is 46.7 Å². The summed E-state index contributed by atoms with van der Waals surface area (Å²) in [7, 11) is 0. The van der Waals surface area contributed by atoms with Crippen LogP contribution in [0.1, 0.15) is 41.7 Å². The molecule has 0 unspecified atom stereocenters. The van der Waals surface area contributed by atoms with Crippen LogP contribution in [0, 0.1) is 12.8 Å². The van der Waals surface area contributed by atoms with Crippen molar-refractivity contribution in [3.8, 4) is 11.3 Å². The van der Waals surface area contributed by atoms with Gasteiger partial charge in [-0.05, 0) is 51.1 Å². The number of piperidine rings is 1. The molecule has 1 aromatic heterocycles. The van der Waals surface area contributed by atoms with E-state index in [1.807, 2.05) is 23.1 Å². The molecule has 1 aromatic carbocycles. The van der Waals surface area contributed by atoms with Crippen molar-refractivity contribution < 1.29 is 4.79 Å². The van der Waals surface area contributed by atoms with Crippen molar-refractivity contribution in [2.45, 2.75) is 38.6 Å². The number of amides is 1. The predicted molar refractivity (Wildman–Crippen MR) is 106 cm³/mol. The molecule has 1 saturated heterocycles. The first-order valence-electron chi connectivity index (χ1n) is 9.34. The number of benzene rings is 1. The van der Waals surface area contributed by atoms with E-state index >= 15 is 0 Å². The molecular formula is C20H27ClN4O. The quantitative estimate of drug-likeness (QED) is 0.843. The number of aromatic nitrogens is 2. The molecule has 0 bridgehead atoms. The van der Waals surface area contributed by atoms with Gasteiger partial charge in [-0.25, -0.2) is 0 Å². The highest BCUT2D eigenvalue weighted by Crippen LogP contribution is 2.28. The molecule has 1 aliphatic carbocycles. The zero-order valence-corrected chi connectivity index (χ0v) is 16.0. The maximum Gasteiger partial charge on any atom is 0.271 e. The van der Waals surface area contributed by atoms with Crippen LogP contribution in [0.4, 0.5) is 0 Å². The Morgan fingerprint density at radius 3 is 2.54 bits per heavy atom. The zero-order valence-electron chi connectivity index (χ0n) is 15.2. The highest BCUT2D eigenvalue weighted by Gasteiger charge is 2.27. The summed E-state index contributed by atoms with van der Waals surface area (Å²) >= 11 is 0. The van der Waals surface area contributed by atoms with Gasteiger partial charge in [0.25, 0.3) is 5.91 Å². The number of hydrogen-bond acceptors (Lipinski definition) is 3. The third-order valence-electron chi connectivity index (χ3n) is 5.33. The number of carbonyl (C=O) groups excluding carboxylic acids is 1. The fourth-order valence-corrected chi connectivity index (χ4v) is 3.42. The van der Waals surface area contributed by atoms with E-state index in [1.165, 1.54) is 18.4 Å². The van der Waals surface area contributed by atoms with Crippen molar-refractivity contribution in [3.05, 3.63) is 41.6 Å². The molecule has 5 nitrogen and oxygen atoms in total. The minimum absolute atomic E-state index is 0. The smallest absolute Gasteiger partial charge is 0.271 e. The molecule has 6 heteroatoms. The first-order chi connectivity index (χ1) is 12.2. The molecule has 1 saturated carbocycles. The lowest BCUT2D eigenvalue weighted by atomic mass is 10.0. The fraction of sp³-hybridized carbons (Fsp3) is 0.500. The summed E-state index contributed by atoms with van der Waals surface area (Å²) in [6.45, 7) is 4.85. The number of carbonyl (C=O) groups is 1. The van der Waals surface area contributed by atoms with Crippen LogP contribution in [0.15, 0.2) is 30.3 Å². The molecule has 0 spiro atoms. The molecule has 2 N–H and O–H groups in total. The van der Waals surface area contributed by atoms with Crippen LogP contribution in [0.3, 0.4) is 0 Å². The molecule has 1 aliphatic heterocycles. The SMILES string of the molecule is Cc1ccc(-c2cc(C(=O)N3CCC(NCC4CC4)CC3)[nH]n2)cc1.Cl. The van der Waals surface area contributed by atoms with E-state index in [0.717, 1.165) is 49.7 Å². The first-order valence-corrected chi connectivity index (χ1v) is 9.34. The van der Waals surface area contributed by atoms with Crippen molar-refractivity contribution >= 4 is 18.3 Å². The number of likely N-dealkylation sites (tertiary alicyclic amines) is 1. The number of aromatic amines is 1. The van der Waals surface area contributed by atoms with Crippen molar-refractivity contribution in [2.24, 2.45) is 5.92 Å². The van der Waals surface area contributed by atoms with E-state index in [-0.39, 0.29) is 18.3 Å². The Hall–Kier alpha value is -1.85. The van der Waals surface area contributed by atoms with Gasteiger partial charge in [-0.2, -0.15) is 5.10 Å². The third kappa shape index (κ3) is 4.46. The standard InChI is InChI=1S/C20H26N4O.ClH/c1-14-2-6-16(7-3-14)18-12-19(23-22-18)20(25)24-10-8-17(9-11-24)21-13-15-4-5-15;/h2-3,6-7,12,15,17,21H,4-5,8-11,13H2,1H3,(H,22,23);1H. The lowest BCUT2D eigenvalue weighted by Gasteiger charge is -2.32. The molecule has 2 heterocycles. The molecular weight excluding hydrogens is 348 g/mol. The van der Waals surface area contributed by atoms with Crippen molar-refractivity contribution in [1.82, 2.24) is 20.4 Å². The Morgan fingerprint density at radius 1 is 1.19 bits per heavy atom. The van der Waals surface area contributed by atoms with Gasteiger partial charge in [0, 0.05) is 24.7 Å². The van der Waals surface area contributed by atoms with Gasteiger partial charge in [0.15, 0.2) is 0 Å². The van der Waals surface area contributed by atoms with Gasteiger partial charge >= 0.3 is 0 Å². The highest BCUT2D eigenvalue weighted by atomic mass is 35.5. The number of rotatable bonds is 5. The van der Waals surface area contributed by atoms with Crippen LogP contribution >= 0.6 is 12.4 Å². The van der Waals surface area contributed by atoms with Gasteiger partial charge in [0.05, 0.1) is 5.69 Å². The highest BCUT2D eigenvalue weighted by molar-refractivity contribution is 5.93. The van der Waals surface area contributed by atoms with E-state index in [0.29, 0.717) is 11.7 Å². The van der Waals surface area contributed by atoms with E-state index in [2.05, 4.69) is 34.6 Å². The van der Waals surface area contributed by atoms with Crippen LogP contribution < -0.4 is 5.32 Å². The summed E-state index contributed by atoms with van der Waals surface area (Å²) in [5, 5.41) is 10.9. The van der Waals surface area contributed by atoms with Crippen LogP contribution in [0.5, 0.6) is 0 Å². The fourth-order valence-electron chi connectivity index (χ4n) is 3.42. The molecule has 1 amide bonds. The normalized spacial score (nSPS) is 17.8. The lowest BCUT2D eigenvalue weighted by Crippen LogP contribution is -2.45. The van der Waals surface area contributed by atoms with Crippen LogP contribution in [0.2, 0.25) is 0 Å². The van der Waals surface area contributed by atoms with Gasteiger partial charge in [-0.3, -0.25) is 9.89 Å². The summed E-state index contributed by atoms with van der Waals surface area (Å²) < 4.78 is 0. The van der Waals surface area contributed by atoms with E-state index in [1.54, 1.807) is 0 Å². The van der Waals surface area contributed by atoms with Crippen molar-refractivity contribution in [1.29, 1.82) is 0 Å². The number of halogens is 1. The molecule has 4 rings (SSSR count). The van der Waals surface area contributed by atoms with Crippen molar-refractivity contribution in [2.75, 3.05) is 19.6 Å². The maximum atomic E-state index is 12.7. The number of hydrogen-bond donors (Lipinski definition) is 2. The second kappa shape index (κ2) is 8.23. The summed E-state index contributed by atoms with van der Waals surface area (Å²) in [6, 6.07) is 10.6. The van der Waals surface area contributed by atoms with Crippen LogP contribution in [0.25, 0.3) is 11.3 Å². The van der Waals surface area contributed by atoms with Gasteiger partial charge in [-0.15, -0.1) is 12.4 Å². The monoisotopic (exact) mass is 374 g/mol. The Kier molecular flexibility index (Phi) is 5.99. The Bertz CT molecular complexity index is 731. The summed E-state index contributed by atoms with van der Waals surface area (Å²) in [6.07, 6.45) is 4.84. The van der Waals surface area contributed by atoms with E-state index in [4.69, 9.17) is 0 Å². The van der Waals surface area contributed by atoms with Gasteiger partial charge in [0.2, 0.25) is 0 Å². The second-order valence-electron chi connectivity index (χ2n) is 7.45. The molecule has 140 valence electrons. The Morgan fingerprint density at radius 2 is 1.88 bits per heavy atom. The zero-order chi connectivity index (χ0) is 17.2. The molecule has 26 heavy (non-hydrogen) atoms. The second-order valence-corrected chi connectivity index (χ2v) is 7.45. The molecule has 0 radical (unpaired) electrons. The minimum Gasteiger partial charge on any atom is -0.337 e. The van der Waals surface area contributed by atoms with E-state index < -0.39 is 0 Å². The average Bonchev–Trinajstić information content (AvgIpc) is 3.35. The number of nitrogens with one attached hydrogen (secondary N) is 2. The van der Waals surface area contributed by atoms with Crippen molar-refractivity contribution in [3.63, 3.8) is 0 Å². The van der Waals surface area contributed by atoms with Gasteiger partial charge in [-0.1, -0.05) is 29.8 Å². The minimum atomic E-state index is 0. The van der Waals surface area contributed by atoms with Gasteiger partial charge in [0.1, 0.15) is 5.69 Å². The number of nitrogens with zero attached hydrogens (tertiary/aromatic N) is 2. The molecule has 2 aliphatic rings. The first kappa shape index (κ1) is 18.9. The summed E-state index contributed by atoms with van der Waals surface area (Å²) in [4.78, 5) is 14.7. The Labute approximate surface area is 161 Å². The molecule has 0 atom stereocenters. The number of H-pyrrole nitrogens is 1. The maximum absolute atomic E-state index is 12.7. The lowest BCUT2D eigenvalue weighted by molar-refractivity contribution is 0.0699. The average molecular weight is 375 g/mol. The topological polar surface area (TPSA) is 61.0 Å². The van der Waals surface area contributed by atoms with Crippen LogP contribution in [-0.2, 0) is 0 Å². The van der Waals surface area contributed by atoms with Gasteiger partial charge < -0.3 is 10.2 Å². The largest absolute Gasteiger partial charge is 0.337 e. The third-order valence-corrected chi connectivity index (χ3v) is 5.33. The number of aryl methyl sites for hydroxylation is 1.